The molecule has 0 aliphatic carbocycles. The Morgan fingerprint density at radius 2 is 2.14 bits per heavy atom. The first-order chi connectivity index (χ1) is 10.0. The fraction of sp³-hybridized carbons (Fsp3) is 0.286. The molecule has 0 aromatic carbocycles. The third kappa shape index (κ3) is 2.49. The molecule has 0 saturated heterocycles. The predicted octanol–water partition coefficient (Wildman–Crippen LogP) is 2.56. The van der Waals surface area contributed by atoms with Crippen LogP contribution in [0.4, 0.5) is 5.69 Å². The summed E-state index contributed by atoms with van der Waals surface area (Å²) in [5.41, 5.74) is 2.04. The molecule has 1 amide bonds. The Morgan fingerprint density at radius 1 is 1.33 bits per heavy atom. The molecule has 7 nitrogen and oxygen atoms in total. The van der Waals surface area contributed by atoms with Gasteiger partial charge in [-0.2, -0.15) is 5.10 Å². The minimum Gasteiger partial charge on any atom is -0.351 e. The molecule has 0 fully saturated rings. The number of hydrogen-bond donors (Lipinski definition) is 1. The molecule has 3 heterocycles. The first-order valence-corrected chi connectivity index (χ1v) is 6.62. The number of carbonyl (C=O) groups is 1. The molecule has 0 aliphatic rings. The second-order valence-electron chi connectivity index (χ2n) is 5.11. The fourth-order valence-corrected chi connectivity index (χ4v) is 2.05. The van der Waals surface area contributed by atoms with Crippen molar-refractivity contribution in [2.45, 2.75) is 26.8 Å². The van der Waals surface area contributed by atoms with Crippen LogP contribution in [-0.2, 0) is 0 Å². The van der Waals surface area contributed by atoms with Gasteiger partial charge in [-0.15, -0.1) is 0 Å². The number of carbonyl (C=O) groups excluding carboxylic acids is 1. The normalized spacial score (nSPS) is 11.2. The maximum Gasteiger partial charge on any atom is 0.294 e. The van der Waals surface area contributed by atoms with Gasteiger partial charge in [0.05, 0.1) is 23.8 Å². The molecule has 3 aromatic heterocycles. The minimum atomic E-state index is -0.354. The van der Waals surface area contributed by atoms with Crippen LogP contribution in [0.5, 0.6) is 0 Å². The molecule has 0 aliphatic heterocycles. The molecule has 7 heteroatoms. The van der Waals surface area contributed by atoms with Crippen LogP contribution < -0.4 is 5.32 Å². The third-order valence-corrected chi connectivity index (χ3v) is 3.03. The van der Waals surface area contributed by atoms with E-state index in [9.17, 15) is 4.79 Å². The Hall–Kier alpha value is -2.70. The van der Waals surface area contributed by atoms with Crippen molar-refractivity contribution in [3.63, 3.8) is 0 Å². The highest BCUT2D eigenvalue weighted by molar-refractivity contribution is 6.02. The lowest BCUT2D eigenvalue weighted by Gasteiger charge is -2.06. The summed E-state index contributed by atoms with van der Waals surface area (Å²) in [4.78, 5) is 16.3. The molecule has 0 radical (unpaired) electrons. The zero-order valence-electron chi connectivity index (χ0n) is 12.0. The maximum absolute atomic E-state index is 12.0. The van der Waals surface area contributed by atoms with E-state index in [1.807, 2.05) is 24.6 Å². The van der Waals surface area contributed by atoms with Crippen LogP contribution in [0, 0.1) is 6.92 Å². The van der Waals surface area contributed by atoms with Crippen LogP contribution in [-0.4, -0.2) is 25.8 Å². The predicted molar refractivity (Wildman–Crippen MR) is 77.1 cm³/mol. The summed E-state index contributed by atoms with van der Waals surface area (Å²) >= 11 is 0. The van der Waals surface area contributed by atoms with Gasteiger partial charge in [0.25, 0.3) is 5.91 Å². The summed E-state index contributed by atoms with van der Waals surface area (Å²) in [6.45, 7) is 5.83. The topological polar surface area (TPSA) is 85.8 Å². The van der Waals surface area contributed by atoms with E-state index in [4.69, 9.17) is 4.52 Å². The van der Waals surface area contributed by atoms with Gasteiger partial charge in [0.1, 0.15) is 0 Å². The zero-order chi connectivity index (χ0) is 15.0. The second kappa shape index (κ2) is 5.01. The largest absolute Gasteiger partial charge is 0.351 e. The highest BCUT2D eigenvalue weighted by Crippen LogP contribution is 2.19. The van der Waals surface area contributed by atoms with E-state index < -0.39 is 0 Å². The highest BCUT2D eigenvalue weighted by atomic mass is 16.5. The first kappa shape index (κ1) is 13.3. The van der Waals surface area contributed by atoms with Crippen LogP contribution in [0.25, 0.3) is 11.0 Å². The van der Waals surface area contributed by atoms with Gasteiger partial charge in [0.2, 0.25) is 5.76 Å². The molecule has 0 spiro atoms. The summed E-state index contributed by atoms with van der Waals surface area (Å²) in [7, 11) is 0. The van der Waals surface area contributed by atoms with Crippen LogP contribution in [0.2, 0.25) is 0 Å². The van der Waals surface area contributed by atoms with E-state index in [0.717, 1.165) is 11.0 Å². The average molecular weight is 285 g/mol. The minimum absolute atomic E-state index is 0.172. The lowest BCUT2D eigenvalue weighted by molar-refractivity contribution is 0.0988. The molecule has 3 aromatic rings. The van der Waals surface area contributed by atoms with Gasteiger partial charge in [0.15, 0.2) is 5.65 Å². The molecular formula is C14H15N5O2. The van der Waals surface area contributed by atoms with E-state index in [-0.39, 0.29) is 17.7 Å². The number of rotatable bonds is 3. The maximum atomic E-state index is 12.0. The van der Waals surface area contributed by atoms with Crippen molar-refractivity contribution in [3.8, 4) is 0 Å². The van der Waals surface area contributed by atoms with Crippen LogP contribution in [0.1, 0.15) is 36.1 Å². The standard InChI is InChI=1S/C14H15N5O2/c1-8(2)19-13-10(6-16-19)5-11(7-15-13)17-14(20)12-4-9(3)18-21-12/h4-8H,1-3H3,(H,17,20). The van der Waals surface area contributed by atoms with E-state index in [1.165, 1.54) is 0 Å². The van der Waals surface area contributed by atoms with Crippen molar-refractivity contribution in [2.24, 2.45) is 0 Å². The lowest BCUT2D eigenvalue weighted by atomic mass is 10.3. The van der Waals surface area contributed by atoms with E-state index in [0.29, 0.717) is 11.4 Å². The summed E-state index contributed by atoms with van der Waals surface area (Å²) in [6.07, 6.45) is 3.33. The molecule has 0 saturated carbocycles. The van der Waals surface area contributed by atoms with Crippen LogP contribution >= 0.6 is 0 Å². The number of aromatic nitrogens is 4. The number of hydrogen-bond acceptors (Lipinski definition) is 5. The molecule has 3 rings (SSSR count). The molecular weight excluding hydrogens is 270 g/mol. The van der Waals surface area contributed by atoms with Crippen molar-refractivity contribution in [3.05, 3.63) is 36.0 Å². The zero-order valence-corrected chi connectivity index (χ0v) is 12.0. The molecule has 1 N–H and O–H groups in total. The van der Waals surface area contributed by atoms with Gasteiger partial charge in [-0.25, -0.2) is 9.67 Å². The summed E-state index contributed by atoms with van der Waals surface area (Å²) in [5, 5.41) is 11.6. The number of pyridine rings is 1. The van der Waals surface area contributed by atoms with Gasteiger partial charge in [0, 0.05) is 17.5 Å². The molecule has 21 heavy (non-hydrogen) atoms. The van der Waals surface area contributed by atoms with Crippen LogP contribution in [0.15, 0.2) is 29.0 Å². The number of amides is 1. The lowest BCUT2D eigenvalue weighted by Crippen LogP contribution is -2.11. The monoisotopic (exact) mass is 285 g/mol. The summed E-state index contributed by atoms with van der Waals surface area (Å²) in [6, 6.07) is 3.64. The second-order valence-corrected chi connectivity index (χ2v) is 5.11. The molecule has 0 unspecified atom stereocenters. The summed E-state index contributed by atoms with van der Waals surface area (Å²) < 4.78 is 6.76. The smallest absolute Gasteiger partial charge is 0.294 e. The number of anilines is 1. The van der Waals surface area contributed by atoms with E-state index >= 15 is 0 Å². The van der Waals surface area contributed by atoms with Gasteiger partial charge in [-0.1, -0.05) is 5.16 Å². The quantitative estimate of drug-likeness (QED) is 0.799. The highest BCUT2D eigenvalue weighted by Gasteiger charge is 2.13. The third-order valence-electron chi connectivity index (χ3n) is 3.03. The average Bonchev–Trinajstić information content (AvgIpc) is 3.04. The van der Waals surface area contributed by atoms with Gasteiger partial charge in [-0.05, 0) is 26.8 Å². The van der Waals surface area contributed by atoms with Crippen molar-refractivity contribution in [1.82, 2.24) is 19.9 Å². The van der Waals surface area contributed by atoms with Gasteiger partial charge in [-0.3, -0.25) is 4.79 Å². The number of nitrogens with one attached hydrogen (secondary N) is 1. The molecule has 0 atom stereocenters. The SMILES string of the molecule is Cc1cc(C(=O)Nc2cnc3c(cnn3C(C)C)c2)on1. The Kier molecular flexibility index (Phi) is 3.17. The van der Waals surface area contributed by atoms with E-state index in [2.05, 4.69) is 20.6 Å². The first-order valence-electron chi connectivity index (χ1n) is 6.62. The summed E-state index contributed by atoms with van der Waals surface area (Å²) in [5.74, 6) is -0.182. The van der Waals surface area contributed by atoms with Crippen molar-refractivity contribution in [2.75, 3.05) is 5.32 Å². The van der Waals surface area contributed by atoms with Gasteiger partial charge < -0.3 is 9.84 Å². The fourth-order valence-electron chi connectivity index (χ4n) is 2.05. The van der Waals surface area contributed by atoms with E-state index in [1.54, 1.807) is 25.4 Å². The van der Waals surface area contributed by atoms with Crippen molar-refractivity contribution in [1.29, 1.82) is 0 Å². The van der Waals surface area contributed by atoms with Crippen molar-refractivity contribution >= 4 is 22.6 Å². The van der Waals surface area contributed by atoms with Crippen molar-refractivity contribution < 1.29 is 9.32 Å². The van der Waals surface area contributed by atoms with Crippen LogP contribution in [0.3, 0.4) is 0 Å². The Labute approximate surface area is 120 Å². The number of nitrogens with zero attached hydrogens (tertiary/aromatic N) is 4. The van der Waals surface area contributed by atoms with Gasteiger partial charge >= 0.3 is 0 Å². The Balaban J connectivity index is 1.86. The molecule has 0 bridgehead atoms. The number of aryl methyl sites for hydroxylation is 1. The number of fused-ring (bicyclic) bond motifs is 1. The molecule has 108 valence electrons. The Bertz CT molecular complexity index is 803. The Morgan fingerprint density at radius 3 is 2.81 bits per heavy atom.